The summed E-state index contributed by atoms with van der Waals surface area (Å²) < 4.78 is 38.8. The Hall–Kier alpha value is -2.10. The van der Waals surface area contributed by atoms with E-state index in [0.29, 0.717) is 37.7 Å². The van der Waals surface area contributed by atoms with E-state index in [1.807, 2.05) is 0 Å². The third-order valence-corrected chi connectivity index (χ3v) is 7.53. The Morgan fingerprint density at radius 2 is 1.88 bits per heavy atom. The summed E-state index contributed by atoms with van der Waals surface area (Å²) in [7, 11) is -3.75. The predicted octanol–water partition coefficient (Wildman–Crippen LogP) is 1.56. The first-order valence-electron chi connectivity index (χ1n) is 8.26. The SMILES string of the molecule is O=C(C1CN(S(=O)(=O)c2cccs2)c2ccccc2O1)N1CCOCC1. The zero-order valence-electron chi connectivity index (χ0n) is 13.9. The molecule has 0 radical (unpaired) electrons. The molecule has 1 fully saturated rings. The van der Waals surface area contributed by atoms with Crippen molar-refractivity contribution < 1.29 is 22.7 Å². The Morgan fingerprint density at radius 1 is 1.12 bits per heavy atom. The fourth-order valence-electron chi connectivity index (χ4n) is 3.06. The monoisotopic (exact) mass is 394 g/mol. The first-order chi connectivity index (χ1) is 12.6. The maximum Gasteiger partial charge on any atom is 0.274 e. The van der Waals surface area contributed by atoms with E-state index in [2.05, 4.69) is 0 Å². The minimum absolute atomic E-state index is 0.0482. The summed E-state index contributed by atoms with van der Waals surface area (Å²) >= 11 is 1.15. The Bertz CT molecular complexity index is 892. The molecule has 2 aromatic rings. The van der Waals surface area contributed by atoms with Crippen LogP contribution in [-0.2, 0) is 19.6 Å². The normalized spacial score (nSPS) is 20.4. The number of hydrogen-bond donors (Lipinski definition) is 0. The molecule has 0 aliphatic carbocycles. The van der Waals surface area contributed by atoms with Crippen molar-refractivity contribution in [3.05, 3.63) is 41.8 Å². The number of carbonyl (C=O) groups is 1. The van der Waals surface area contributed by atoms with Crippen LogP contribution in [0.1, 0.15) is 0 Å². The van der Waals surface area contributed by atoms with Crippen LogP contribution in [0.25, 0.3) is 0 Å². The van der Waals surface area contributed by atoms with Crippen LogP contribution in [0.15, 0.2) is 46.0 Å². The zero-order chi connectivity index (χ0) is 18.1. The molecule has 1 amide bonds. The van der Waals surface area contributed by atoms with E-state index in [1.54, 1.807) is 46.7 Å². The lowest BCUT2D eigenvalue weighted by atomic mass is 10.2. The van der Waals surface area contributed by atoms with Gasteiger partial charge in [0.25, 0.3) is 15.9 Å². The maximum absolute atomic E-state index is 13.1. The van der Waals surface area contributed by atoms with Crippen LogP contribution in [0.3, 0.4) is 0 Å². The van der Waals surface area contributed by atoms with E-state index >= 15 is 0 Å². The molecule has 9 heteroatoms. The fourth-order valence-corrected chi connectivity index (χ4v) is 5.65. The summed E-state index contributed by atoms with van der Waals surface area (Å²) in [6, 6.07) is 10.2. The first kappa shape index (κ1) is 17.3. The molecular formula is C17H18N2O5S2. The molecule has 1 aromatic heterocycles. The molecule has 7 nitrogen and oxygen atoms in total. The molecule has 138 valence electrons. The van der Waals surface area contributed by atoms with Crippen LogP contribution in [0.5, 0.6) is 5.75 Å². The number of carbonyl (C=O) groups excluding carboxylic acids is 1. The molecule has 26 heavy (non-hydrogen) atoms. The van der Waals surface area contributed by atoms with Gasteiger partial charge in [0.1, 0.15) is 9.96 Å². The van der Waals surface area contributed by atoms with E-state index in [4.69, 9.17) is 9.47 Å². The van der Waals surface area contributed by atoms with Crippen molar-refractivity contribution in [1.82, 2.24) is 4.90 Å². The smallest absolute Gasteiger partial charge is 0.274 e. The Labute approximate surface area is 155 Å². The summed E-state index contributed by atoms with van der Waals surface area (Å²) in [5.41, 5.74) is 0.451. The quantitative estimate of drug-likeness (QED) is 0.790. The third-order valence-electron chi connectivity index (χ3n) is 4.37. The number of sulfonamides is 1. The highest BCUT2D eigenvalue weighted by molar-refractivity contribution is 7.94. The summed E-state index contributed by atoms with van der Waals surface area (Å²) in [6.07, 6.45) is -0.877. The van der Waals surface area contributed by atoms with Gasteiger partial charge in [0.05, 0.1) is 25.4 Å². The molecule has 1 atom stereocenters. The van der Waals surface area contributed by atoms with Gasteiger partial charge in [0, 0.05) is 13.1 Å². The molecule has 4 rings (SSSR count). The Morgan fingerprint density at radius 3 is 2.62 bits per heavy atom. The number of para-hydroxylation sites is 2. The molecule has 0 spiro atoms. The van der Waals surface area contributed by atoms with Crippen molar-refractivity contribution in [1.29, 1.82) is 0 Å². The topological polar surface area (TPSA) is 76.2 Å². The van der Waals surface area contributed by atoms with Gasteiger partial charge in [0.2, 0.25) is 0 Å². The van der Waals surface area contributed by atoms with Gasteiger partial charge in [-0.15, -0.1) is 11.3 Å². The molecular weight excluding hydrogens is 376 g/mol. The molecule has 1 aromatic carbocycles. The minimum Gasteiger partial charge on any atom is -0.476 e. The van der Waals surface area contributed by atoms with Crippen LogP contribution in [0, 0.1) is 0 Å². The zero-order valence-corrected chi connectivity index (χ0v) is 15.5. The van der Waals surface area contributed by atoms with Crippen LogP contribution < -0.4 is 9.04 Å². The molecule has 2 aliphatic heterocycles. The number of hydrogen-bond acceptors (Lipinski definition) is 6. The lowest BCUT2D eigenvalue weighted by Gasteiger charge is -2.37. The van der Waals surface area contributed by atoms with Gasteiger partial charge in [-0.3, -0.25) is 9.10 Å². The minimum atomic E-state index is -3.75. The number of amides is 1. The average molecular weight is 394 g/mol. The second kappa shape index (κ2) is 6.90. The predicted molar refractivity (Wildman–Crippen MR) is 97.1 cm³/mol. The number of nitrogens with zero attached hydrogens (tertiary/aromatic N) is 2. The molecule has 0 saturated carbocycles. The highest BCUT2D eigenvalue weighted by Crippen LogP contribution is 2.37. The fraction of sp³-hybridized carbons (Fsp3) is 0.353. The summed E-state index contributed by atoms with van der Waals surface area (Å²) in [5, 5.41) is 1.72. The highest BCUT2D eigenvalue weighted by atomic mass is 32.2. The van der Waals surface area contributed by atoms with Crippen LogP contribution in [0.4, 0.5) is 5.69 Å². The van der Waals surface area contributed by atoms with Crippen molar-refractivity contribution in [2.24, 2.45) is 0 Å². The summed E-state index contributed by atoms with van der Waals surface area (Å²) in [6.45, 7) is 1.88. The van der Waals surface area contributed by atoms with Crippen LogP contribution in [-0.4, -0.2) is 58.2 Å². The maximum atomic E-state index is 13.1. The second-order valence-electron chi connectivity index (χ2n) is 5.98. The molecule has 0 bridgehead atoms. The molecule has 2 aliphatic rings. The number of morpholine rings is 1. The van der Waals surface area contributed by atoms with Gasteiger partial charge in [-0.1, -0.05) is 18.2 Å². The van der Waals surface area contributed by atoms with Crippen molar-refractivity contribution in [2.45, 2.75) is 10.3 Å². The average Bonchev–Trinajstić information content (AvgIpc) is 3.23. The lowest BCUT2D eigenvalue weighted by Crippen LogP contribution is -2.53. The Balaban J connectivity index is 1.68. The van der Waals surface area contributed by atoms with Gasteiger partial charge in [-0.25, -0.2) is 8.42 Å². The van der Waals surface area contributed by atoms with E-state index in [1.165, 1.54) is 4.31 Å². The van der Waals surface area contributed by atoms with E-state index in [-0.39, 0.29) is 16.7 Å². The van der Waals surface area contributed by atoms with Gasteiger partial charge in [0.15, 0.2) is 6.10 Å². The number of thiophene rings is 1. The summed E-state index contributed by atoms with van der Waals surface area (Å²) in [4.78, 5) is 14.5. The number of rotatable bonds is 3. The number of benzene rings is 1. The second-order valence-corrected chi connectivity index (χ2v) is 9.02. The van der Waals surface area contributed by atoms with Gasteiger partial charge < -0.3 is 14.4 Å². The first-order valence-corrected chi connectivity index (χ1v) is 10.6. The van der Waals surface area contributed by atoms with E-state index in [9.17, 15) is 13.2 Å². The largest absolute Gasteiger partial charge is 0.476 e. The van der Waals surface area contributed by atoms with Gasteiger partial charge in [-0.05, 0) is 23.6 Å². The lowest BCUT2D eigenvalue weighted by molar-refractivity contribution is -0.142. The van der Waals surface area contributed by atoms with Crippen molar-refractivity contribution >= 4 is 33.0 Å². The van der Waals surface area contributed by atoms with Crippen LogP contribution in [0.2, 0.25) is 0 Å². The van der Waals surface area contributed by atoms with Gasteiger partial charge in [-0.2, -0.15) is 0 Å². The number of fused-ring (bicyclic) bond motifs is 1. The van der Waals surface area contributed by atoms with E-state index in [0.717, 1.165) is 11.3 Å². The highest BCUT2D eigenvalue weighted by Gasteiger charge is 2.39. The molecule has 1 saturated heterocycles. The molecule has 1 unspecified atom stereocenters. The van der Waals surface area contributed by atoms with Crippen molar-refractivity contribution in [3.8, 4) is 5.75 Å². The van der Waals surface area contributed by atoms with Gasteiger partial charge >= 0.3 is 0 Å². The number of ether oxygens (including phenoxy) is 2. The third kappa shape index (κ3) is 3.06. The van der Waals surface area contributed by atoms with Crippen molar-refractivity contribution in [3.63, 3.8) is 0 Å². The molecule has 0 N–H and O–H groups in total. The standard InChI is InChI=1S/C17H18N2O5S2/c20-17(18-7-9-23-10-8-18)15-12-19(13-4-1-2-5-14(13)24-15)26(21,22)16-6-3-11-25-16/h1-6,11,15H,7-10,12H2. The number of anilines is 1. The summed E-state index contributed by atoms with van der Waals surface area (Å²) in [5.74, 6) is 0.180. The van der Waals surface area contributed by atoms with Crippen LogP contribution >= 0.6 is 11.3 Å². The van der Waals surface area contributed by atoms with Crippen molar-refractivity contribution in [2.75, 3.05) is 37.2 Å². The van der Waals surface area contributed by atoms with E-state index < -0.39 is 16.1 Å². The molecule has 3 heterocycles. The Kier molecular flexibility index (Phi) is 4.60.